The molecule has 21 heavy (non-hydrogen) atoms. The molecule has 0 saturated carbocycles. The molecule has 4 nitrogen and oxygen atoms in total. The Labute approximate surface area is 125 Å². The number of rotatable bonds is 4. The Morgan fingerprint density at radius 1 is 1.33 bits per heavy atom. The van der Waals surface area contributed by atoms with Crippen LogP contribution in [0.4, 0.5) is 0 Å². The minimum absolute atomic E-state index is 0.242. The molecule has 1 aromatic carbocycles. The maximum Gasteiger partial charge on any atom is 0.120 e. The highest BCUT2D eigenvalue weighted by Crippen LogP contribution is 2.45. The molecular formula is C17H23N3O. The van der Waals surface area contributed by atoms with E-state index in [2.05, 4.69) is 30.5 Å². The SMILES string of the molecule is Cc1cnn(CCNC2CC(C)c3c(C)ccc(O)c32)c1. The molecule has 1 heterocycles. The quantitative estimate of drug-likeness (QED) is 0.908. The molecule has 2 aromatic rings. The van der Waals surface area contributed by atoms with Crippen molar-refractivity contribution >= 4 is 0 Å². The van der Waals surface area contributed by atoms with Gasteiger partial charge in [0.05, 0.1) is 12.7 Å². The molecule has 0 aliphatic heterocycles. The van der Waals surface area contributed by atoms with Crippen LogP contribution in [0.3, 0.4) is 0 Å². The largest absolute Gasteiger partial charge is 0.508 e. The van der Waals surface area contributed by atoms with Gasteiger partial charge in [0.1, 0.15) is 5.75 Å². The number of hydrogen-bond donors (Lipinski definition) is 2. The van der Waals surface area contributed by atoms with Gasteiger partial charge in [-0.1, -0.05) is 13.0 Å². The Morgan fingerprint density at radius 2 is 2.14 bits per heavy atom. The lowest BCUT2D eigenvalue weighted by Gasteiger charge is -2.16. The van der Waals surface area contributed by atoms with E-state index in [9.17, 15) is 5.11 Å². The lowest BCUT2D eigenvalue weighted by atomic mass is 9.97. The maximum atomic E-state index is 10.2. The van der Waals surface area contributed by atoms with Crippen LogP contribution in [-0.4, -0.2) is 21.4 Å². The van der Waals surface area contributed by atoms with E-state index in [1.807, 2.05) is 29.9 Å². The van der Waals surface area contributed by atoms with Crippen LogP contribution in [-0.2, 0) is 6.54 Å². The first-order valence-corrected chi connectivity index (χ1v) is 7.61. The average Bonchev–Trinajstić information content (AvgIpc) is 2.99. The second-order valence-electron chi connectivity index (χ2n) is 6.15. The molecule has 112 valence electrons. The molecule has 4 heteroatoms. The van der Waals surface area contributed by atoms with Crippen LogP contribution >= 0.6 is 0 Å². The molecule has 0 bridgehead atoms. The average molecular weight is 285 g/mol. The van der Waals surface area contributed by atoms with Gasteiger partial charge in [-0.25, -0.2) is 0 Å². The Morgan fingerprint density at radius 3 is 2.86 bits per heavy atom. The van der Waals surface area contributed by atoms with Gasteiger partial charge >= 0.3 is 0 Å². The Balaban J connectivity index is 1.70. The fourth-order valence-corrected chi connectivity index (χ4v) is 3.47. The molecular weight excluding hydrogens is 262 g/mol. The van der Waals surface area contributed by atoms with Crippen molar-refractivity contribution < 1.29 is 5.11 Å². The molecule has 1 aromatic heterocycles. The van der Waals surface area contributed by atoms with Crippen molar-refractivity contribution in [2.24, 2.45) is 0 Å². The molecule has 0 spiro atoms. The zero-order valence-corrected chi connectivity index (χ0v) is 12.9. The molecule has 3 rings (SSSR count). The summed E-state index contributed by atoms with van der Waals surface area (Å²) in [5, 5.41) is 18.1. The highest BCUT2D eigenvalue weighted by molar-refractivity contribution is 5.50. The predicted molar refractivity (Wildman–Crippen MR) is 83.6 cm³/mol. The normalized spacial score (nSPS) is 20.7. The second kappa shape index (κ2) is 5.53. The molecule has 0 saturated heterocycles. The summed E-state index contributed by atoms with van der Waals surface area (Å²) in [5.41, 5.74) is 4.88. The van der Waals surface area contributed by atoms with Crippen molar-refractivity contribution in [1.29, 1.82) is 0 Å². The fourth-order valence-electron chi connectivity index (χ4n) is 3.47. The third-order valence-electron chi connectivity index (χ3n) is 4.41. The first-order valence-electron chi connectivity index (χ1n) is 7.61. The van der Waals surface area contributed by atoms with Gasteiger partial charge in [-0.05, 0) is 48.9 Å². The van der Waals surface area contributed by atoms with E-state index < -0.39 is 0 Å². The Kier molecular flexibility index (Phi) is 3.72. The molecule has 1 aliphatic carbocycles. The molecule has 1 aliphatic rings. The van der Waals surface area contributed by atoms with E-state index in [-0.39, 0.29) is 6.04 Å². The van der Waals surface area contributed by atoms with Crippen LogP contribution in [0.5, 0.6) is 5.75 Å². The third kappa shape index (κ3) is 2.68. The van der Waals surface area contributed by atoms with Gasteiger partial charge in [-0.15, -0.1) is 0 Å². The van der Waals surface area contributed by atoms with Crippen molar-refractivity contribution in [1.82, 2.24) is 15.1 Å². The summed E-state index contributed by atoms with van der Waals surface area (Å²) in [4.78, 5) is 0. The summed E-state index contributed by atoms with van der Waals surface area (Å²) in [5.74, 6) is 0.920. The van der Waals surface area contributed by atoms with Crippen LogP contribution in [0.15, 0.2) is 24.5 Å². The Hall–Kier alpha value is -1.81. The van der Waals surface area contributed by atoms with E-state index in [4.69, 9.17) is 0 Å². The summed E-state index contributed by atoms with van der Waals surface area (Å²) in [7, 11) is 0. The number of phenols is 1. The van der Waals surface area contributed by atoms with E-state index in [0.717, 1.165) is 25.1 Å². The summed E-state index contributed by atoms with van der Waals surface area (Å²) in [6.07, 6.45) is 4.97. The standard InChI is InChI=1S/C17H23N3O/c1-11-9-19-20(10-11)7-6-18-14-8-13(3)16-12(2)4-5-15(21)17(14)16/h4-5,9-10,13-14,18,21H,6-8H2,1-3H3. The second-order valence-corrected chi connectivity index (χ2v) is 6.15. The Bertz CT molecular complexity index is 647. The van der Waals surface area contributed by atoms with E-state index in [1.165, 1.54) is 16.7 Å². The summed E-state index contributed by atoms with van der Waals surface area (Å²) in [6.45, 7) is 8.12. The molecule has 0 amide bonds. The van der Waals surface area contributed by atoms with E-state index >= 15 is 0 Å². The number of aromatic hydroxyl groups is 1. The van der Waals surface area contributed by atoms with Gasteiger partial charge in [0, 0.05) is 24.3 Å². The number of fused-ring (bicyclic) bond motifs is 1. The molecule has 0 radical (unpaired) electrons. The number of benzene rings is 1. The van der Waals surface area contributed by atoms with E-state index in [1.54, 1.807) is 0 Å². The monoisotopic (exact) mass is 285 g/mol. The van der Waals surface area contributed by atoms with Crippen molar-refractivity contribution in [3.63, 3.8) is 0 Å². The summed E-state index contributed by atoms with van der Waals surface area (Å²) >= 11 is 0. The number of nitrogens with one attached hydrogen (secondary N) is 1. The number of nitrogens with zero attached hydrogens (tertiary/aromatic N) is 2. The lowest BCUT2D eigenvalue weighted by molar-refractivity contribution is 0.436. The molecule has 2 atom stereocenters. The smallest absolute Gasteiger partial charge is 0.120 e. The van der Waals surface area contributed by atoms with Gasteiger partial charge in [0.2, 0.25) is 0 Å². The lowest BCUT2D eigenvalue weighted by Crippen LogP contribution is -2.24. The van der Waals surface area contributed by atoms with Crippen LogP contribution in [0, 0.1) is 13.8 Å². The van der Waals surface area contributed by atoms with Gasteiger partial charge in [-0.3, -0.25) is 4.68 Å². The van der Waals surface area contributed by atoms with E-state index in [0.29, 0.717) is 11.7 Å². The number of aryl methyl sites for hydroxylation is 2. The van der Waals surface area contributed by atoms with Crippen LogP contribution in [0.1, 0.15) is 47.6 Å². The van der Waals surface area contributed by atoms with Crippen molar-refractivity contribution in [3.8, 4) is 5.75 Å². The van der Waals surface area contributed by atoms with Crippen molar-refractivity contribution in [2.45, 2.75) is 45.7 Å². The third-order valence-corrected chi connectivity index (χ3v) is 4.41. The fraction of sp³-hybridized carbons (Fsp3) is 0.471. The van der Waals surface area contributed by atoms with Crippen LogP contribution in [0.25, 0.3) is 0 Å². The minimum Gasteiger partial charge on any atom is -0.508 e. The van der Waals surface area contributed by atoms with Crippen LogP contribution < -0.4 is 5.32 Å². The van der Waals surface area contributed by atoms with Crippen LogP contribution in [0.2, 0.25) is 0 Å². The number of aromatic nitrogens is 2. The van der Waals surface area contributed by atoms with Gasteiger partial charge in [0.25, 0.3) is 0 Å². The topological polar surface area (TPSA) is 50.1 Å². The molecule has 2 N–H and O–H groups in total. The number of phenolic OH excluding ortho intramolecular Hbond substituents is 1. The molecule has 0 fully saturated rings. The van der Waals surface area contributed by atoms with Gasteiger partial charge in [0.15, 0.2) is 0 Å². The summed E-state index contributed by atoms with van der Waals surface area (Å²) < 4.78 is 1.96. The zero-order valence-electron chi connectivity index (χ0n) is 12.9. The van der Waals surface area contributed by atoms with Gasteiger partial charge in [-0.2, -0.15) is 5.10 Å². The summed E-state index contributed by atoms with van der Waals surface area (Å²) in [6, 6.07) is 4.07. The zero-order chi connectivity index (χ0) is 15.0. The minimum atomic E-state index is 0.242. The first-order chi connectivity index (χ1) is 10.1. The van der Waals surface area contributed by atoms with Crippen molar-refractivity contribution in [2.75, 3.05) is 6.54 Å². The molecule has 2 unspecified atom stereocenters. The van der Waals surface area contributed by atoms with Gasteiger partial charge < -0.3 is 10.4 Å². The highest BCUT2D eigenvalue weighted by Gasteiger charge is 2.31. The van der Waals surface area contributed by atoms with Crippen molar-refractivity contribution in [3.05, 3.63) is 46.8 Å². The number of hydrogen-bond acceptors (Lipinski definition) is 3. The maximum absolute atomic E-state index is 10.2. The highest BCUT2D eigenvalue weighted by atomic mass is 16.3. The predicted octanol–water partition coefficient (Wildman–Crippen LogP) is 3.04. The first kappa shape index (κ1) is 14.1.